The minimum atomic E-state index is -0.717. The second-order valence-corrected chi connectivity index (χ2v) is 8.49. The second-order valence-electron chi connectivity index (χ2n) is 8.49. The van der Waals surface area contributed by atoms with Gasteiger partial charge in [0, 0.05) is 19.8 Å². The normalized spacial score (nSPS) is 22.7. The van der Waals surface area contributed by atoms with Crippen molar-refractivity contribution < 1.29 is 28.1 Å². The maximum Gasteiger partial charge on any atom is 0.240 e. The molecular formula is C25H43FN2O5. The van der Waals surface area contributed by atoms with Crippen molar-refractivity contribution in [2.75, 3.05) is 33.0 Å². The van der Waals surface area contributed by atoms with Crippen molar-refractivity contribution in [2.45, 2.75) is 103 Å². The molecule has 0 bridgehead atoms. The number of halogens is 1. The van der Waals surface area contributed by atoms with Gasteiger partial charge in [0.15, 0.2) is 0 Å². The molecule has 1 aromatic heterocycles. The Morgan fingerprint density at radius 3 is 2.09 bits per heavy atom. The molecule has 0 aliphatic carbocycles. The van der Waals surface area contributed by atoms with Crippen LogP contribution in [0.3, 0.4) is 0 Å². The lowest BCUT2D eigenvalue weighted by atomic mass is 10.0. The van der Waals surface area contributed by atoms with Gasteiger partial charge in [-0.1, -0.05) is 53.4 Å². The fourth-order valence-corrected chi connectivity index (χ4v) is 3.58. The van der Waals surface area contributed by atoms with Crippen LogP contribution in [-0.2, 0) is 18.9 Å². The quantitative estimate of drug-likeness (QED) is 0.265. The molecule has 1 aromatic rings. The van der Waals surface area contributed by atoms with Gasteiger partial charge >= 0.3 is 0 Å². The summed E-state index contributed by atoms with van der Waals surface area (Å²) in [5.41, 5.74) is 0.125. The molecule has 2 rings (SSSR count). The van der Waals surface area contributed by atoms with E-state index in [0.29, 0.717) is 33.0 Å². The predicted octanol–water partition coefficient (Wildman–Crippen LogP) is 5.42. The first-order valence-electron chi connectivity index (χ1n) is 12.8. The average molecular weight is 471 g/mol. The number of hydrogen-bond donors (Lipinski definition) is 0. The molecule has 0 radical (unpaired) electrons. The molecule has 1 aliphatic rings. The molecule has 1 fully saturated rings. The van der Waals surface area contributed by atoms with Crippen molar-refractivity contribution in [3.05, 3.63) is 17.8 Å². The van der Waals surface area contributed by atoms with E-state index in [-0.39, 0.29) is 23.8 Å². The van der Waals surface area contributed by atoms with Gasteiger partial charge in [-0.25, -0.2) is 4.98 Å². The van der Waals surface area contributed by atoms with Crippen LogP contribution < -0.4 is 4.74 Å². The van der Waals surface area contributed by atoms with E-state index in [9.17, 15) is 0 Å². The molecule has 1 unspecified atom stereocenters. The maximum absolute atomic E-state index is 15.0. The standard InChI is InChI=1S/C25H43FN2O5/c1-5-9-13-29-18-19-22(31-15-11-7-3)24(32-16-12-8-4)23(33-19)21-25(26)28-20(17-27-21)30-14-10-6-2/h17,19,22-24H,5-16,18H2,1-4H3/t19-,22?,23+,24+/m1/s1. The van der Waals surface area contributed by atoms with Gasteiger partial charge in [0.25, 0.3) is 0 Å². The SMILES string of the molecule is CCCCOC[C@H]1O[C@@H](c2ncc(OCCCC)nc2F)[C@@H](OCCCC)C1OCCCC. The number of ether oxygens (including phenoxy) is 5. The lowest BCUT2D eigenvalue weighted by Crippen LogP contribution is -2.38. The molecule has 190 valence electrons. The predicted molar refractivity (Wildman–Crippen MR) is 125 cm³/mol. The fourth-order valence-electron chi connectivity index (χ4n) is 3.58. The summed E-state index contributed by atoms with van der Waals surface area (Å²) in [5.74, 6) is -0.515. The van der Waals surface area contributed by atoms with E-state index in [2.05, 4.69) is 37.7 Å². The van der Waals surface area contributed by atoms with Crippen LogP contribution in [-0.4, -0.2) is 61.3 Å². The summed E-state index contributed by atoms with van der Waals surface area (Å²) in [4.78, 5) is 8.30. The highest BCUT2D eigenvalue weighted by atomic mass is 19.1. The van der Waals surface area contributed by atoms with E-state index < -0.39 is 18.2 Å². The Hall–Kier alpha value is -1.35. The van der Waals surface area contributed by atoms with Gasteiger partial charge in [0.05, 0.1) is 19.4 Å². The third-order valence-electron chi connectivity index (χ3n) is 5.60. The molecule has 0 spiro atoms. The van der Waals surface area contributed by atoms with Crippen molar-refractivity contribution in [1.29, 1.82) is 0 Å². The average Bonchev–Trinajstić information content (AvgIpc) is 3.14. The number of hydrogen-bond acceptors (Lipinski definition) is 7. The molecule has 0 amide bonds. The van der Waals surface area contributed by atoms with E-state index in [0.717, 1.165) is 51.4 Å². The van der Waals surface area contributed by atoms with Crippen molar-refractivity contribution in [3.63, 3.8) is 0 Å². The fraction of sp³-hybridized carbons (Fsp3) is 0.840. The van der Waals surface area contributed by atoms with Crippen molar-refractivity contribution in [2.24, 2.45) is 0 Å². The highest BCUT2D eigenvalue weighted by molar-refractivity contribution is 5.15. The Labute approximate surface area is 198 Å². The summed E-state index contributed by atoms with van der Waals surface area (Å²) in [5, 5.41) is 0. The largest absolute Gasteiger partial charge is 0.477 e. The highest BCUT2D eigenvalue weighted by Crippen LogP contribution is 2.38. The molecule has 0 N–H and O–H groups in total. The Kier molecular flexibility index (Phi) is 13.8. The minimum absolute atomic E-state index is 0.125. The van der Waals surface area contributed by atoms with Crippen molar-refractivity contribution in [3.8, 4) is 5.88 Å². The smallest absolute Gasteiger partial charge is 0.240 e. The number of aromatic nitrogens is 2. The Morgan fingerprint density at radius 1 is 0.848 bits per heavy atom. The molecule has 0 saturated carbocycles. The zero-order valence-electron chi connectivity index (χ0n) is 20.9. The van der Waals surface area contributed by atoms with Crippen LogP contribution in [0.5, 0.6) is 5.88 Å². The Bertz CT molecular complexity index is 651. The third kappa shape index (κ3) is 9.08. The summed E-state index contributed by atoms with van der Waals surface area (Å²) < 4.78 is 45.1. The summed E-state index contributed by atoms with van der Waals surface area (Å²) >= 11 is 0. The van der Waals surface area contributed by atoms with Gasteiger partial charge in [-0.05, 0) is 25.7 Å². The molecule has 8 heteroatoms. The Morgan fingerprint density at radius 2 is 1.45 bits per heavy atom. The van der Waals surface area contributed by atoms with Crippen molar-refractivity contribution in [1.82, 2.24) is 9.97 Å². The first kappa shape index (κ1) is 27.9. The molecule has 1 saturated heterocycles. The monoisotopic (exact) mass is 470 g/mol. The van der Waals surface area contributed by atoms with Crippen LogP contribution in [0.15, 0.2) is 6.20 Å². The van der Waals surface area contributed by atoms with E-state index in [1.54, 1.807) is 0 Å². The first-order chi connectivity index (χ1) is 16.2. The molecule has 0 aromatic carbocycles. The zero-order valence-corrected chi connectivity index (χ0v) is 20.9. The lowest BCUT2D eigenvalue weighted by molar-refractivity contribution is -0.0795. The van der Waals surface area contributed by atoms with Gasteiger partial charge in [0.2, 0.25) is 11.8 Å². The van der Waals surface area contributed by atoms with E-state index in [1.165, 1.54) is 6.20 Å². The van der Waals surface area contributed by atoms with E-state index in [4.69, 9.17) is 23.7 Å². The van der Waals surface area contributed by atoms with E-state index >= 15 is 4.39 Å². The molecule has 4 atom stereocenters. The molecule has 1 aliphatic heterocycles. The first-order valence-corrected chi connectivity index (χ1v) is 12.8. The van der Waals surface area contributed by atoms with Gasteiger partial charge < -0.3 is 23.7 Å². The van der Waals surface area contributed by atoms with Gasteiger partial charge in [0.1, 0.15) is 30.1 Å². The summed E-state index contributed by atoms with van der Waals surface area (Å²) in [6, 6.07) is 0. The number of unbranched alkanes of at least 4 members (excludes halogenated alkanes) is 4. The van der Waals surface area contributed by atoms with Crippen LogP contribution in [0.2, 0.25) is 0 Å². The summed E-state index contributed by atoms with van der Waals surface area (Å²) in [6.45, 7) is 11.1. The van der Waals surface area contributed by atoms with Gasteiger partial charge in [-0.3, -0.25) is 0 Å². The summed E-state index contributed by atoms with van der Waals surface area (Å²) in [6.07, 6.45) is 7.30. The highest BCUT2D eigenvalue weighted by Gasteiger charge is 2.48. The van der Waals surface area contributed by atoms with Crippen molar-refractivity contribution >= 4 is 0 Å². The van der Waals surface area contributed by atoms with Crippen LogP contribution in [0.1, 0.15) is 90.9 Å². The number of rotatable bonds is 18. The molecule has 33 heavy (non-hydrogen) atoms. The van der Waals surface area contributed by atoms with Gasteiger partial charge in [-0.2, -0.15) is 9.37 Å². The minimum Gasteiger partial charge on any atom is -0.477 e. The van der Waals surface area contributed by atoms with E-state index in [1.807, 2.05) is 0 Å². The number of nitrogens with zero attached hydrogens (tertiary/aromatic N) is 2. The third-order valence-corrected chi connectivity index (χ3v) is 5.60. The van der Waals surface area contributed by atoms with Crippen LogP contribution in [0.4, 0.5) is 4.39 Å². The molecular weight excluding hydrogens is 427 g/mol. The van der Waals surface area contributed by atoms with Crippen LogP contribution in [0, 0.1) is 5.95 Å². The zero-order chi connectivity index (χ0) is 23.9. The maximum atomic E-state index is 15.0. The Balaban J connectivity index is 2.20. The second kappa shape index (κ2) is 16.3. The lowest BCUT2D eigenvalue weighted by Gasteiger charge is -2.25. The van der Waals surface area contributed by atoms with Crippen LogP contribution in [0.25, 0.3) is 0 Å². The van der Waals surface area contributed by atoms with Gasteiger partial charge in [-0.15, -0.1) is 0 Å². The topological polar surface area (TPSA) is 71.9 Å². The van der Waals surface area contributed by atoms with Crippen LogP contribution >= 0.6 is 0 Å². The molecule has 7 nitrogen and oxygen atoms in total. The molecule has 2 heterocycles. The summed E-state index contributed by atoms with van der Waals surface area (Å²) in [7, 11) is 0.